The van der Waals surface area contributed by atoms with Gasteiger partial charge in [0.1, 0.15) is 0 Å². The molecule has 0 bridgehead atoms. The van der Waals surface area contributed by atoms with E-state index in [2.05, 4.69) is 10.2 Å². The number of hydrogen-bond acceptors (Lipinski definition) is 0. The minimum atomic E-state index is 0.521. The molecule has 0 saturated carbocycles. The van der Waals surface area contributed by atoms with Gasteiger partial charge in [0.05, 0.1) is 0 Å². The zero-order valence-corrected chi connectivity index (χ0v) is 8.05. The summed E-state index contributed by atoms with van der Waals surface area (Å²) in [7, 11) is 0. The third kappa shape index (κ3) is 1.85. The Morgan fingerprint density at radius 1 is 1.50 bits per heavy atom. The Morgan fingerprint density at radius 3 is 2.67 bits per heavy atom. The maximum atomic E-state index is 2.46. The summed E-state index contributed by atoms with van der Waals surface area (Å²) in [6.45, 7) is 0. The van der Waals surface area contributed by atoms with Gasteiger partial charge in [0.15, 0.2) is 0 Å². The zero-order valence-electron chi connectivity index (χ0n) is 3.39. The van der Waals surface area contributed by atoms with E-state index in [0.29, 0.717) is 34.1 Å². The van der Waals surface area contributed by atoms with Crippen molar-refractivity contribution in [3.63, 3.8) is 0 Å². The Balaban J connectivity index is 2.26. The van der Waals surface area contributed by atoms with Gasteiger partial charge in [-0.1, -0.05) is 0 Å². The van der Waals surface area contributed by atoms with Crippen LogP contribution in [0.1, 0.15) is 6.42 Å². The topological polar surface area (TPSA) is 0 Å². The molecule has 1 aliphatic heterocycles. The molecular formula is C4H6Te2. The first-order valence-corrected chi connectivity index (χ1v) is 12.3. The van der Waals surface area contributed by atoms with Crippen molar-refractivity contribution < 1.29 is 0 Å². The molecule has 0 radical (unpaired) electrons. The molecule has 0 saturated heterocycles. The van der Waals surface area contributed by atoms with Crippen molar-refractivity contribution in [3.8, 4) is 0 Å². The Labute approximate surface area is 54.7 Å². The van der Waals surface area contributed by atoms with Crippen LogP contribution in [0.2, 0.25) is 4.47 Å². The molecule has 0 aromatic heterocycles. The summed E-state index contributed by atoms with van der Waals surface area (Å²) in [5, 5.41) is 0. The van der Waals surface area contributed by atoms with Crippen LogP contribution in [-0.2, 0) is 0 Å². The molecule has 0 unspecified atom stereocenters. The molecule has 0 aromatic carbocycles. The summed E-state index contributed by atoms with van der Waals surface area (Å²) >= 11 is 1.14. The van der Waals surface area contributed by atoms with E-state index in [1.54, 1.807) is 4.47 Å². The van der Waals surface area contributed by atoms with Gasteiger partial charge in [-0.2, -0.15) is 0 Å². The van der Waals surface area contributed by atoms with Gasteiger partial charge in [0.2, 0.25) is 0 Å². The molecule has 0 N–H and O–H groups in total. The predicted octanol–water partition coefficient (Wildman–Crippen LogP) is 0.645. The summed E-state index contributed by atoms with van der Waals surface area (Å²) in [5.41, 5.74) is 0. The summed E-state index contributed by atoms with van der Waals surface area (Å²) in [5.74, 6) is 0. The molecule has 1 heterocycles. The second kappa shape index (κ2) is 3.34. The van der Waals surface area contributed by atoms with E-state index in [9.17, 15) is 0 Å². The maximum absolute atomic E-state index is 2.46. The van der Waals surface area contributed by atoms with Gasteiger partial charge in [-0.05, 0) is 0 Å². The van der Waals surface area contributed by atoms with Crippen molar-refractivity contribution in [1.29, 1.82) is 0 Å². The van der Waals surface area contributed by atoms with Gasteiger partial charge in [0, 0.05) is 0 Å². The Morgan fingerprint density at radius 2 is 2.50 bits per heavy atom. The molecule has 0 nitrogen and oxygen atoms in total. The first-order chi connectivity index (χ1) is 3.00. The summed E-state index contributed by atoms with van der Waals surface area (Å²) < 4.78 is 4.06. The first-order valence-electron chi connectivity index (χ1n) is 1.93. The van der Waals surface area contributed by atoms with E-state index in [0.717, 1.165) is 0 Å². The SMILES string of the molecule is C1=C[Te][Te]CC1. The van der Waals surface area contributed by atoms with Crippen LogP contribution in [0.3, 0.4) is 0 Å². The van der Waals surface area contributed by atoms with Gasteiger partial charge >= 0.3 is 55.2 Å². The van der Waals surface area contributed by atoms with Crippen molar-refractivity contribution in [3.05, 3.63) is 10.2 Å². The zero-order chi connectivity index (χ0) is 4.24. The van der Waals surface area contributed by atoms with E-state index >= 15 is 0 Å². The second-order valence-corrected chi connectivity index (χ2v) is 12.4. The summed E-state index contributed by atoms with van der Waals surface area (Å²) in [4.78, 5) is 0. The quantitative estimate of drug-likeness (QED) is 0.576. The predicted molar refractivity (Wildman–Crippen MR) is 30.1 cm³/mol. The van der Waals surface area contributed by atoms with Gasteiger partial charge in [-0.25, -0.2) is 0 Å². The number of allylic oxidation sites excluding steroid dienone is 1. The molecular weight excluding hydrogens is 303 g/mol. The Bertz CT molecular complexity index is 50.6. The van der Waals surface area contributed by atoms with E-state index in [1.807, 2.05) is 0 Å². The van der Waals surface area contributed by atoms with Crippen molar-refractivity contribution >= 4 is 34.1 Å². The molecule has 0 atom stereocenters. The molecule has 2 heteroatoms. The van der Waals surface area contributed by atoms with Gasteiger partial charge in [-0.3, -0.25) is 0 Å². The summed E-state index contributed by atoms with van der Waals surface area (Å²) in [6, 6.07) is 0. The Hall–Kier alpha value is 1.32. The van der Waals surface area contributed by atoms with Crippen LogP contribution in [0, 0.1) is 0 Å². The van der Waals surface area contributed by atoms with Crippen LogP contribution in [0.25, 0.3) is 0 Å². The fourth-order valence-electron chi connectivity index (χ4n) is 0.311. The van der Waals surface area contributed by atoms with Crippen molar-refractivity contribution in [2.75, 3.05) is 0 Å². The molecule has 0 aliphatic carbocycles. The molecule has 1 rings (SSSR count). The number of hydrogen-bond donors (Lipinski definition) is 0. The van der Waals surface area contributed by atoms with Crippen LogP contribution in [0.5, 0.6) is 0 Å². The van der Waals surface area contributed by atoms with E-state index in [-0.39, 0.29) is 0 Å². The van der Waals surface area contributed by atoms with Crippen LogP contribution >= 0.6 is 0 Å². The Kier molecular flexibility index (Phi) is 3.03. The monoisotopic (exact) mass is 314 g/mol. The fourth-order valence-corrected chi connectivity index (χ4v) is 8.78. The first kappa shape index (κ1) is 5.46. The van der Waals surface area contributed by atoms with Crippen LogP contribution < -0.4 is 0 Å². The van der Waals surface area contributed by atoms with Gasteiger partial charge in [0.25, 0.3) is 0 Å². The second-order valence-electron chi connectivity index (χ2n) is 1.08. The number of rotatable bonds is 0. The van der Waals surface area contributed by atoms with Crippen molar-refractivity contribution in [2.24, 2.45) is 0 Å². The molecule has 0 fully saturated rings. The fraction of sp³-hybridized carbons (Fsp3) is 0.500. The standard InChI is InChI=1S/C4H6Te2/c1-2-4-6-5-3-1/h1,3H,2,4H2. The molecule has 0 aromatic rings. The average Bonchev–Trinajstić information content (AvgIpc) is 1.72. The van der Waals surface area contributed by atoms with Gasteiger partial charge in [-0.15, -0.1) is 0 Å². The van der Waals surface area contributed by atoms with E-state index < -0.39 is 0 Å². The molecule has 1 aliphatic rings. The molecule has 6 heavy (non-hydrogen) atoms. The normalized spacial score (nSPS) is 21.3. The average molecular weight is 309 g/mol. The third-order valence-electron chi connectivity index (χ3n) is 0.588. The van der Waals surface area contributed by atoms with E-state index in [4.69, 9.17) is 0 Å². The molecule has 0 spiro atoms. The van der Waals surface area contributed by atoms with Crippen molar-refractivity contribution in [2.45, 2.75) is 10.9 Å². The third-order valence-corrected chi connectivity index (χ3v) is 10.9. The van der Waals surface area contributed by atoms with Crippen LogP contribution in [0.4, 0.5) is 0 Å². The van der Waals surface area contributed by atoms with Crippen molar-refractivity contribution in [1.82, 2.24) is 0 Å². The van der Waals surface area contributed by atoms with Gasteiger partial charge < -0.3 is 0 Å². The van der Waals surface area contributed by atoms with E-state index in [1.165, 1.54) is 6.42 Å². The molecule has 34 valence electrons. The molecule has 0 amide bonds. The van der Waals surface area contributed by atoms with Crippen LogP contribution in [-0.4, -0.2) is 34.1 Å². The van der Waals surface area contributed by atoms with Crippen LogP contribution in [0.15, 0.2) is 10.2 Å². The minimum absolute atomic E-state index is 0.521. The summed E-state index contributed by atoms with van der Waals surface area (Å²) in [6.07, 6.45) is 3.77.